The van der Waals surface area contributed by atoms with E-state index < -0.39 is 0 Å². The van der Waals surface area contributed by atoms with Crippen molar-refractivity contribution in [2.45, 2.75) is 52.1 Å². The largest absolute Gasteiger partial charge is 0.299 e. The van der Waals surface area contributed by atoms with Crippen molar-refractivity contribution >= 4 is 15.9 Å². The molecule has 3 heteroatoms. The predicted octanol–water partition coefficient (Wildman–Crippen LogP) is 4.99. The molecule has 1 fully saturated rings. The third-order valence-electron chi connectivity index (χ3n) is 4.29. The smallest absolute Gasteiger partial charge is 0.124 e. The normalized spacial score (nSPS) is 19.9. The predicted molar refractivity (Wildman–Crippen MR) is 81.6 cm³/mol. The molecule has 0 aliphatic heterocycles. The third kappa shape index (κ3) is 4.28. The maximum Gasteiger partial charge on any atom is 0.124 e. The van der Waals surface area contributed by atoms with Gasteiger partial charge in [-0.2, -0.15) is 0 Å². The van der Waals surface area contributed by atoms with E-state index >= 15 is 0 Å². The standard InChI is InChI=1S/C16H23BrFN/c1-16(2)6-4-15(5-7-16)19(3)11-12-8-13(17)10-14(18)9-12/h8-10,15H,4-7,11H2,1-3H3. The van der Waals surface area contributed by atoms with Crippen molar-refractivity contribution in [2.24, 2.45) is 5.41 Å². The number of benzene rings is 1. The van der Waals surface area contributed by atoms with Crippen LogP contribution in [0.1, 0.15) is 45.1 Å². The van der Waals surface area contributed by atoms with Crippen molar-refractivity contribution in [1.82, 2.24) is 4.90 Å². The second-order valence-electron chi connectivity index (χ2n) is 6.59. The molecule has 2 rings (SSSR count). The van der Waals surface area contributed by atoms with Gasteiger partial charge in [0, 0.05) is 17.1 Å². The van der Waals surface area contributed by atoms with Gasteiger partial charge in [-0.15, -0.1) is 0 Å². The van der Waals surface area contributed by atoms with Gasteiger partial charge in [-0.25, -0.2) is 4.39 Å². The van der Waals surface area contributed by atoms with Gasteiger partial charge in [0.2, 0.25) is 0 Å². The Bertz CT molecular complexity index is 414. The Balaban J connectivity index is 1.96. The Hall–Kier alpha value is -0.410. The van der Waals surface area contributed by atoms with E-state index in [0.29, 0.717) is 11.5 Å². The molecule has 1 saturated carbocycles. The van der Waals surface area contributed by atoms with E-state index in [1.165, 1.54) is 31.7 Å². The molecule has 1 aromatic rings. The lowest BCUT2D eigenvalue weighted by Crippen LogP contribution is -2.36. The van der Waals surface area contributed by atoms with Gasteiger partial charge < -0.3 is 0 Å². The van der Waals surface area contributed by atoms with E-state index in [4.69, 9.17) is 0 Å². The molecule has 0 saturated heterocycles. The maximum atomic E-state index is 13.4. The van der Waals surface area contributed by atoms with Crippen LogP contribution >= 0.6 is 15.9 Å². The SMILES string of the molecule is CN(Cc1cc(F)cc(Br)c1)C1CCC(C)(C)CC1. The minimum Gasteiger partial charge on any atom is -0.299 e. The summed E-state index contributed by atoms with van der Waals surface area (Å²) in [7, 11) is 2.15. The van der Waals surface area contributed by atoms with Crippen LogP contribution in [0.25, 0.3) is 0 Å². The van der Waals surface area contributed by atoms with E-state index in [-0.39, 0.29) is 5.82 Å². The second-order valence-corrected chi connectivity index (χ2v) is 7.50. The molecule has 0 aromatic heterocycles. The first kappa shape index (κ1) is 15.0. The summed E-state index contributed by atoms with van der Waals surface area (Å²) >= 11 is 3.36. The van der Waals surface area contributed by atoms with Crippen LogP contribution in [0.2, 0.25) is 0 Å². The van der Waals surface area contributed by atoms with Gasteiger partial charge in [0.1, 0.15) is 5.82 Å². The quantitative estimate of drug-likeness (QED) is 0.756. The highest BCUT2D eigenvalue weighted by Gasteiger charge is 2.28. The average molecular weight is 328 g/mol. The molecular formula is C16H23BrFN. The molecule has 0 bridgehead atoms. The number of nitrogens with zero attached hydrogens (tertiary/aromatic N) is 1. The lowest BCUT2D eigenvalue weighted by atomic mass is 9.75. The van der Waals surface area contributed by atoms with Gasteiger partial charge in [0.05, 0.1) is 0 Å². The zero-order valence-electron chi connectivity index (χ0n) is 12.0. The van der Waals surface area contributed by atoms with Crippen LogP contribution in [0.5, 0.6) is 0 Å². The number of hydrogen-bond donors (Lipinski definition) is 0. The van der Waals surface area contributed by atoms with Crippen molar-refractivity contribution in [3.05, 3.63) is 34.1 Å². The lowest BCUT2D eigenvalue weighted by molar-refractivity contribution is 0.123. The van der Waals surface area contributed by atoms with E-state index in [1.54, 1.807) is 6.07 Å². The molecular weight excluding hydrogens is 305 g/mol. The fourth-order valence-corrected chi connectivity index (χ4v) is 3.46. The van der Waals surface area contributed by atoms with Crippen molar-refractivity contribution in [3.8, 4) is 0 Å². The summed E-state index contributed by atoms with van der Waals surface area (Å²) < 4.78 is 14.2. The Kier molecular flexibility index (Phi) is 4.67. The van der Waals surface area contributed by atoms with Gasteiger partial charge in [0.25, 0.3) is 0 Å². The van der Waals surface area contributed by atoms with Crippen LogP contribution < -0.4 is 0 Å². The highest BCUT2D eigenvalue weighted by molar-refractivity contribution is 9.10. The first-order valence-electron chi connectivity index (χ1n) is 7.01. The van der Waals surface area contributed by atoms with Crippen molar-refractivity contribution < 1.29 is 4.39 Å². The van der Waals surface area contributed by atoms with Crippen LogP contribution in [0.3, 0.4) is 0 Å². The van der Waals surface area contributed by atoms with Crippen LogP contribution in [-0.2, 0) is 6.54 Å². The van der Waals surface area contributed by atoms with E-state index in [2.05, 4.69) is 41.7 Å². The topological polar surface area (TPSA) is 3.24 Å². The summed E-state index contributed by atoms with van der Waals surface area (Å²) in [5.41, 5.74) is 1.54. The maximum absolute atomic E-state index is 13.4. The van der Waals surface area contributed by atoms with Crippen LogP contribution in [0.4, 0.5) is 4.39 Å². The van der Waals surface area contributed by atoms with Gasteiger partial charge >= 0.3 is 0 Å². The van der Waals surface area contributed by atoms with Crippen molar-refractivity contribution in [2.75, 3.05) is 7.05 Å². The third-order valence-corrected chi connectivity index (χ3v) is 4.74. The molecule has 0 amide bonds. The van der Waals surface area contributed by atoms with Gasteiger partial charge in [-0.3, -0.25) is 4.90 Å². The van der Waals surface area contributed by atoms with E-state index in [0.717, 1.165) is 16.6 Å². The van der Waals surface area contributed by atoms with Crippen LogP contribution in [0.15, 0.2) is 22.7 Å². The van der Waals surface area contributed by atoms with Crippen molar-refractivity contribution in [1.29, 1.82) is 0 Å². The number of halogens is 2. The summed E-state index contributed by atoms with van der Waals surface area (Å²) in [5, 5.41) is 0. The fraction of sp³-hybridized carbons (Fsp3) is 0.625. The molecule has 0 heterocycles. The zero-order valence-corrected chi connectivity index (χ0v) is 13.6. The number of hydrogen-bond acceptors (Lipinski definition) is 1. The molecule has 1 nitrogen and oxygen atoms in total. The molecule has 106 valence electrons. The Morgan fingerprint density at radius 1 is 1.26 bits per heavy atom. The minimum atomic E-state index is -0.164. The van der Waals surface area contributed by atoms with Crippen LogP contribution in [-0.4, -0.2) is 18.0 Å². The molecule has 1 aliphatic rings. The lowest BCUT2D eigenvalue weighted by Gasteiger charge is -2.38. The monoisotopic (exact) mass is 327 g/mol. The minimum absolute atomic E-state index is 0.164. The zero-order chi connectivity index (χ0) is 14.0. The first-order chi connectivity index (χ1) is 8.85. The average Bonchev–Trinajstić information content (AvgIpc) is 2.26. The summed E-state index contributed by atoms with van der Waals surface area (Å²) in [6, 6.07) is 5.78. The number of rotatable bonds is 3. The summed E-state index contributed by atoms with van der Waals surface area (Å²) in [5.74, 6) is -0.164. The summed E-state index contributed by atoms with van der Waals surface area (Å²) in [6.07, 6.45) is 5.07. The van der Waals surface area contributed by atoms with Gasteiger partial charge in [-0.05, 0) is 61.9 Å². The Morgan fingerprint density at radius 3 is 2.47 bits per heavy atom. The van der Waals surface area contributed by atoms with Crippen LogP contribution in [0, 0.1) is 11.2 Å². The van der Waals surface area contributed by atoms with E-state index in [1.807, 2.05) is 6.07 Å². The molecule has 0 radical (unpaired) electrons. The first-order valence-corrected chi connectivity index (χ1v) is 7.80. The highest BCUT2D eigenvalue weighted by atomic mass is 79.9. The van der Waals surface area contributed by atoms with Gasteiger partial charge in [0.15, 0.2) is 0 Å². The Morgan fingerprint density at radius 2 is 1.89 bits per heavy atom. The molecule has 0 spiro atoms. The Labute approximate surface area is 124 Å². The van der Waals surface area contributed by atoms with E-state index in [9.17, 15) is 4.39 Å². The summed E-state index contributed by atoms with van der Waals surface area (Å²) in [6.45, 7) is 5.53. The molecule has 19 heavy (non-hydrogen) atoms. The van der Waals surface area contributed by atoms with Gasteiger partial charge in [-0.1, -0.05) is 29.8 Å². The summed E-state index contributed by atoms with van der Waals surface area (Å²) in [4.78, 5) is 2.37. The molecule has 1 aromatic carbocycles. The molecule has 0 unspecified atom stereocenters. The second kappa shape index (κ2) is 5.92. The molecule has 0 N–H and O–H groups in total. The molecule has 0 atom stereocenters. The molecule has 1 aliphatic carbocycles. The van der Waals surface area contributed by atoms with Crippen molar-refractivity contribution in [3.63, 3.8) is 0 Å². The highest BCUT2D eigenvalue weighted by Crippen LogP contribution is 2.36. The fourth-order valence-electron chi connectivity index (χ4n) is 2.94.